The molecule has 2 N–H and O–H groups in total. The van der Waals surface area contributed by atoms with Crippen LogP contribution in [-0.4, -0.2) is 10.8 Å². The molecule has 0 bridgehead atoms. The van der Waals surface area contributed by atoms with Crippen molar-refractivity contribution in [3.8, 4) is 0 Å². The first-order valence-electron chi connectivity index (χ1n) is 6.05. The molecule has 0 atom stereocenters. The Morgan fingerprint density at radius 1 is 1.28 bits per heavy atom. The number of nitrogens with one attached hydrogen (secondary N) is 2. The maximum absolute atomic E-state index is 5.17. The van der Waals surface area contributed by atoms with Gasteiger partial charge in [0, 0.05) is 6.54 Å². The molecule has 0 spiro atoms. The molecule has 3 nitrogen and oxygen atoms in total. The van der Waals surface area contributed by atoms with Gasteiger partial charge in [-0.25, -0.2) is 0 Å². The summed E-state index contributed by atoms with van der Waals surface area (Å²) in [6.07, 6.45) is 4.21. The molecule has 1 aromatic rings. The van der Waals surface area contributed by atoms with E-state index in [-0.39, 0.29) is 0 Å². The van der Waals surface area contributed by atoms with Crippen molar-refractivity contribution in [2.24, 2.45) is 5.10 Å². The van der Waals surface area contributed by atoms with E-state index in [1.165, 1.54) is 11.1 Å². The fourth-order valence-corrected chi connectivity index (χ4v) is 1.90. The minimum atomic E-state index is 0.560. The van der Waals surface area contributed by atoms with Crippen LogP contribution >= 0.6 is 12.2 Å². The topological polar surface area (TPSA) is 36.4 Å². The van der Waals surface area contributed by atoms with E-state index in [4.69, 9.17) is 12.2 Å². The molecule has 1 aliphatic carbocycles. The van der Waals surface area contributed by atoms with Crippen LogP contribution in [0.4, 0.5) is 0 Å². The van der Waals surface area contributed by atoms with Crippen LogP contribution in [0, 0.1) is 0 Å². The van der Waals surface area contributed by atoms with Gasteiger partial charge in [-0.2, -0.15) is 5.10 Å². The molecule has 0 amide bonds. The predicted octanol–water partition coefficient (Wildman–Crippen LogP) is 2.75. The van der Waals surface area contributed by atoms with E-state index >= 15 is 0 Å². The minimum Gasteiger partial charge on any atom is -0.357 e. The summed E-state index contributed by atoms with van der Waals surface area (Å²) in [6, 6.07) is 10.1. The van der Waals surface area contributed by atoms with Crippen molar-refractivity contribution in [3.05, 3.63) is 47.5 Å². The highest BCUT2D eigenvalue weighted by molar-refractivity contribution is 7.80. The van der Waals surface area contributed by atoms with Gasteiger partial charge in [0.05, 0.1) is 5.71 Å². The van der Waals surface area contributed by atoms with Gasteiger partial charge in [0.25, 0.3) is 0 Å². The van der Waals surface area contributed by atoms with Gasteiger partial charge >= 0.3 is 0 Å². The Morgan fingerprint density at radius 3 is 2.72 bits per heavy atom. The third-order valence-corrected chi connectivity index (χ3v) is 3.02. The summed E-state index contributed by atoms with van der Waals surface area (Å²) < 4.78 is 0. The molecule has 1 aliphatic rings. The fourth-order valence-electron chi connectivity index (χ4n) is 1.78. The molecular weight excluding hydrogens is 242 g/mol. The summed E-state index contributed by atoms with van der Waals surface area (Å²) in [5.74, 6) is 0. The van der Waals surface area contributed by atoms with Crippen LogP contribution in [0.15, 0.2) is 47.1 Å². The monoisotopic (exact) mass is 259 g/mol. The highest BCUT2D eigenvalue weighted by Crippen LogP contribution is 2.14. The molecule has 0 saturated heterocycles. The first kappa shape index (κ1) is 12.8. The Bertz CT molecular complexity index is 477. The zero-order valence-electron chi connectivity index (χ0n) is 10.4. The minimum absolute atomic E-state index is 0.560. The van der Waals surface area contributed by atoms with E-state index in [1.54, 1.807) is 0 Å². The number of thiocarbonyl (C=S) groups is 1. The smallest absolute Gasteiger partial charge is 0.187 e. The number of hydrogen-bond acceptors (Lipinski definition) is 2. The largest absolute Gasteiger partial charge is 0.357 e. The summed E-state index contributed by atoms with van der Waals surface area (Å²) in [7, 11) is 0. The van der Waals surface area contributed by atoms with Gasteiger partial charge in [-0.05, 0) is 43.6 Å². The van der Waals surface area contributed by atoms with Crippen LogP contribution in [0.3, 0.4) is 0 Å². The Kier molecular flexibility index (Phi) is 4.47. The predicted molar refractivity (Wildman–Crippen MR) is 79.4 cm³/mol. The Morgan fingerprint density at radius 2 is 2.06 bits per heavy atom. The normalized spacial score (nSPS) is 16.5. The van der Waals surface area contributed by atoms with Crippen LogP contribution in [0.2, 0.25) is 0 Å². The zero-order chi connectivity index (χ0) is 12.8. The zero-order valence-corrected chi connectivity index (χ0v) is 11.3. The van der Waals surface area contributed by atoms with Crippen molar-refractivity contribution in [2.45, 2.75) is 26.3 Å². The summed E-state index contributed by atoms with van der Waals surface area (Å²) in [5, 5.41) is 7.96. The highest BCUT2D eigenvalue weighted by atomic mass is 32.1. The first-order valence-corrected chi connectivity index (χ1v) is 6.46. The molecule has 2 rings (SSSR count). The molecule has 0 aromatic heterocycles. The summed E-state index contributed by atoms with van der Waals surface area (Å²) in [6.45, 7) is 2.83. The number of hydrogen-bond donors (Lipinski definition) is 2. The molecule has 0 heterocycles. The first-order chi connectivity index (χ1) is 8.74. The summed E-state index contributed by atoms with van der Waals surface area (Å²) >= 11 is 5.17. The van der Waals surface area contributed by atoms with E-state index in [2.05, 4.69) is 41.0 Å². The highest BCUT2D eigenvalue weighted by Gasteiger charge is 2.06. The Labute approximate surface area is 113 Å². The molecule has 0 aliphatic heterocycles. The summed E-state index contributed by atoms with van der Waals surface area (Å²) in [5.41, 5.74) is 6.52. The van der Waals surface area contributed by atoms with Crippen molar-refractivity contribution >= 4 is 23.0 Å². The number of allylic oxidation sites excluding steroid dienone is 2. The Balaban J connectivity index is 1.76. The second kappa shape index (κ2) is 6.31. The molecule has 4 heteroatoms. The average Bonchev–Trinajstić information content (AvgIpc) is 2.81. The van der Waals surface area contributed by atoms with Crippen molar-refractivity contribution in [1.82, 2.24) is 10.7 Å². The van der Waals surface area contributed by atoms with Gasteiger partial charge in [-0.1, -0.05) is 35.9 Å². The van der Waals surface area contributed by atoms with Crippen LogP contribution in [-0.2, 0) is 6.54 Å². The lowest BCUT2D eigenvalue weighted by atomic mass is 10.2. The number of hydrazone groups is 1. The quantitative estimate of drug-likeness (QED) is 0.647. The van der Waals surface area contributed by atoms with Gasteiger partial charge in [0.2, 0.25) is 0 Å². The van der Waals surface area contributed by atoms with E-state index in [1.807, 2.05) is 18.2 Å². The second-order valence-corrected chi connectivity index (χ2v) is 4.78. The van der Waals surface area contributed by atoms with Gasteiger partial charge in [0.1, 0.15) is 0 Å². The lowest BCUT2D eigenvalue weighted by Crippen LogP contribution is -2.31. The fraction of sp³-hybridized carbons (Fsp3) is 0.286. The maximum Gasteiger partial charge on any atom is 0.187 e. The van der Waals surface area contributed by atoms with Gasteiger partial charge < -0.3 is 5.32 Å². The lowest BCUT2D eigenvalue weighted by Gasteiger charge is -2.07. The molecule has 1 aromatic carbocycles. The average molecular weight is 259 g/mol. The van der Waals surface area contributed by atoms with E-state index in [0.717, 1.165) is 18.6 Å². The van der Waals surface area contributed by atoms with Gasteiger partial charge in [-0.15, -0.1) is 0 Å². The second-order valence-electron chi connectivity index (χ2n) is 4.37. The Hall–Kier alpha value is -1.68. The van der Waals surface area contributed by atoms with Crippen molar-refractivity contribution < 1.29 is 0 Å². The maximum atomic E-state index is 5.17. The number of nitrogens with zero attached hydrogens (tertiary/aromatic N) is 1. The van der Waals surface area contributed by atoms with Gasteiger partial charge in [-0.3, -0.25) is 5.43 Å². The third-order valence-electron chi connectivity index (χ3n) is 2.79. The van der Waals surface area contributed by atoms with Gasteiger partial charge in [0.15, 0.2) is 5.11 Å². The standard InChI is InChI=1S/C14H17N3S/c1-11-7-8-13(9-11)16-17-14(18)15-10-12-5-3-2-4-6-12/h2-6,9H,7-8,10H2,1H3,(H2,15,17,18)/b16-13-. The van der Waals surface area contributed by atoms with Crippen LogP contribution in [0.25, 0.3) is 0 Å². The van der Waals surface area contributed by atoms with E-state index in [0.29, 0.717) is 11.7 Å². The van der Waals surface area contributed by atoms with E-state index in [9.17, 15) is 0 Å². The van der Waals surface area contributed by atoms with Crippen molar-refractivity contribution in [1.29, 1.82) is 0 Å². The van der Waals surface area contributed by atoms with Crippen LogP contribution in [0.5, 0.6) is 0 Å². The van der Waals surface area contributed by atoms with Crippen LogP contribution < -0.4 is 10.7 Å². The molecule has 0 fully saturated rings. The SMILES string of the molecule is CC1=C/C(=N\NC(=S)NCc2ccccc2)CC1. The molecular formula is C14H17N3S. The van der Waals surface area contributed by atoms with Crippen molar-refractivity contribution in [3.63, 3.8) is 0 Å². The molecule has 0 saturated carbocycles. The van der Waals surface area contributed by atoms with Crippen molar-refractivity contribution in [2.75, 3.05) is 0 Å². The van der Waals surface area contributed by atoms with E-state index < -0.39 is 0 Å². The molecule has 0 unspecified atom stereocenters. The third kappa shape index (κ3) is 3.96. The van der Waals surface area contributed by atoms with Crippen LogP contribution in [0.1, 0.15) is 25.3 Å². The number of rotatable bonds is 3. The molecule has 0 radical (unpaired) electrons. The number of benzene rings is 1. The molecule has 94 valence electrons. The molecule has 18 heavy (non-hydrogen) atoms. The summed E-state index contributed by atoms with van der Waals surface area (Å²) in [4.78, 5) is 0. The lowest BCUT2D eigenvalue weighted by molar-refractivity contribution is 0.864.